The van der Waals surface area contributed by atoms with E-state index in [-0.39, 0.29) is 5.41 Å². The van der Waals surface area contributed by atoms with Gasteiger partial charge in [0.25, 0.3) is 0 Å². The summed E-state index contributed by atoms with van der Waals surface area (Å²) in [5.74, 6) is 0.357. The Morgan fingerprint density at radius 1 is 1.25 bits per heavy atom. The second kappa shape index (κ2) is 3.49. The zero-order chi connectivity index (χ0) is 12.0. The average molecular weight is 220 g/mol. The normalized spacial score (nSPS) is 18.5. The van der Waals surface area contributed by atoms with Gasteiger partial charge in [-0.25, -0.2) is 0 Å². The first-order valence-corrected chi connectivity index (χ1v) is 5.86. The molecule has 0 aliphatic heterocycles. The Morgan fingerprint density at radius 2 is 1.88 bits per heavy atom. The molecule has 0 saturated heterocycles. The Kier molecular flexibility index (Phi) is 2.50. The van der Waals surface area contributed by atoms with Gasteiger partial charge in [0.15, 0.2) is 0 Å². The summed E-state index contributed by atoms with van der Waals surface area (Å²) in [6, 6.07) is 5.82. The number of phenolic OH excluding ortho intramolecular Hbond substituents is 1. The van der Waals surface area contributed by atoms with Crippen molar-refractivity contribution in [3.8, 4) is 5.75 Å². The molecule has 2 rings (SSSR count). The first kappa shape index (κ1) is 11.5. The Morgan fingerprint density at radius 3 is 2.38 bits per heavy atom. The molecular formula is C14H20O2. The largest absolute Gasteiger partial charge is 0.507 e. The van der Waals surface area contributed by atoms with Crippen LogP contribution in [0.4, 0.5) is 0 Å². The average Bonchev–Trinajstić information content (AvgIpc) is 2.86. The third-order valence-corrected chi connectivity index (χ3v) is 3.27. The molecular weight excluding hydrogens is 200 g/mol. The zero-order valence-corrected chi connectivity index (χ0v) is 10.2. The van der Waals surface area contributed by atoms with Gasteiger partial charge in [-0.15, -0.1) is 0 Å². The summed E-state index contributed by atoms with van der Waals surface area (Å²) in [5.41, 5.74) is 1.21. The molecule has 1 aromatic rings. The van der Waals surface area contributed by atoms with Gasteiger partial charge >= 0.3 is 0 Å². The van der Waals surface area contributed by atoms with E-state index in [1.54, 1.807) is 0 Å². The topological polar surface area (TPSA) is 40.5 Å². The van der Waals surface area contributed by atoms with Crippen molar-refractivity contribution in [2.24, 2.45) is 0 Å². The lowest BCUT2D eigenvalue weighted by Crippen LogP contribution is -2.15. The predicted octanol–water partition coefficient (Wildman–Crippen LogP) is 2.76. The van der Waals surface area contributed by atoms with Crippen molar-refractivity contribution >= 4 is 0 Å². The smallest absolute Gasteiger partial charge is 0.122 e. The first-order valence-electron chi connectivity index (χ1n) is 5.86. The summed E-state index contributed by atoms with van der Waals surface area (Å²) in [7, 11) is 0. The van der Waals surface area contributed by atoms with Crippen LogP contribution in [0.25, 0.3) is 0 Å². The molecule has 2 N–H and O–H groups in total. The predicted molar refractivity (Wildman–Crippen MR) is 64.7 cm³/mol. The first-order chi connectivity index (χ1) is 7.32. The van der Waals surface area contributed by atoms with Gasteiger partial charge in [-0.2, -0.15) is 0 Å². The number of hydrogen-bond acceptors (Lipinski definition) is 2. The van der Waals surface area contributed by atoms with Crippen molar-refractivity contribution in [1.29, 1.82) is 0 Å². The fourth-order valence-corrected chi connectivity index (χ4v) is 2.01. The maximum absolute atomic E-state index is 10.2. The van der Waals surface area contributed by atoms with Crippen LogP contribution in [-0.4, -0.2) is 15.8 Å². The van der Waals surface area contributed by atoms with Crippen molar-refractivity contribution in [2.45, 2.75) is 51.0 Å². The molecule has 2 nitrogen and oxygen atoms in total. The fourth-order valence-electron chi connectivity index (χ4n) is 2.01. The lowest BCUT2D eigenvalue weighted by molar-refractivity contribution is 0.150. The van der Waals surface area contributed by atoms with E-state index < -0.39 is 5.60 Å². The highest BCUT2D eigenvalue weighted by Gasteiger charge is 2.41. The Hall–Kier alpha value is -1.02. The van der Waals surface area contributed by atoms with E-state index in [0.29, 0.717) is 12.2 Å². The molecule has 0 aromatic heterocycles. The third kappa shape index (κ3) is 2.22. The standard InChI is InChI=1S/C14H20O2/c1-13(2,3)11-6-4-5-10(12(11)15)9-14(16)7-8-14/h4-6,15-16H,7-9H2,1-3H3. The monoisotopic (exact) mass is 220 g/mol. The Labute approximate surface area is 96.9 Å². The maximum Gasteiger partial charge on any atom is 0.122 e. The summed E-state index contributed by atoms with van der Waals surface area (Å²) in [6.07, 6.45) is 2.28. The number of hydrogen-bond donors (Lipinski definition) is 2. The molecule has 0 unspecified atom stereocenters. The van der Waals surface area contributed by atoms with Crippen molar-refractivity contribution < 1.29 is 10.2 Å². The highest BCUT2D eigenvalue weighted by atomic mass is 16.3. The van der Waals surface area contributed by atoms with Crippen LogP contribution < -0.4 is 0 Å². The number of rotatable bonds is 2. The Bertz CT molecular complexity index is 398. The van der Waals surface area contributed by atoms with Crippen LogP contribution in [-0.2, 0) is 11.8 Å². The van der Waals surface area contributed by atoms with Gasteiger partial charge in [-0.3, -0.25) is 0 Å². The molecule has 0 bridgehead atoms. The molecule has 2 heteroatoms. The molecule has 1 saturated carbocycles. The van der Waals surface area contributed by atoms with Gasteiger partial charge in [0.1, 0.15) is 5.75 Å². The van der Waals surface area contributed by atoms with Gasteiger partial charge in [0.05, 0.1) is 5.60 Å². The fraction of sp³-hybridized carbons (Fsp3) is 0.571. The van der Waals surface area contributed by atoms with Gasteiger partial charge in [-0.1, -0.05) is 39.0 Å². The van der Waals surface area contributed by atoms with Crippen LogP contribution in [0.3, 0.4) is 0 Å². The van der Waals surface area contributed by atoms with Gasteiger partial charge in [-0.05, 0) is 29.4 Å². The molecule has 0 atom stereocenters. The zero-order valence-electron chi connectivity index (χ0n) is 10.2. The van der Waals surface area contributed by atoms with E-state index in [0.717, 1.165) is 24.0 Å². The van der Waals surface area contributed by atoms with Gasteiger partial charge < -0.3 is 10.2 Å². The van der Waals surface area contributed by atoms with Crippen molar-refractivity contribution in [3.05, 3.63) is 29.3 Å². The molecule has 0 spiro atoms. The lowest BCUT2D eigenvalue weighted by Gasteiger charge is -2.22. The van der Waals surface area contributed by atoms with Gasteiger partial charge in [0, 0.05) is 6.42 Å². The second-order valence-corrected chi connectivity index (χ2v) is 5.96. The molecule has 0 heterocycles. The summed E-state index contributed by atoms with van der Waals surface area (Å²) >= 11 is 0. The van der Waals surface area contributed by atoms with E-state index >= 15 is 0 Å². The number of para-hydroxylation sites is 1. The summed E-state index contributed by atoms with van der Waals surface area (Å²) < 4.78 is 0. The number of aromatic hydroxyl groups is 1. The summed E-state index contributed by atoms with van der Waals surface area (Å²) in [6.45, 7) is 6.24. The van der Waals surface area contributed by atoms with Crippen LogP contribution in [0.2, 0.25) is 0 Å². The minimum Gasteiger partial charge on any atom is -0.507 e. The van der Waals surface area contributed by atoms with Crippen LogP contribution in [0, 0.1) is 0 Å². The minimum absolute atomic E-state index is 0.0632. The van der Waals surface area contributed by atoms with Crippen LogP contribution in [0.1, 0.15) is 44.7 Å². The molecule has 1 aliphatic rings. The number of benzene rings is 1. The van der Waals surface area contributed by atoms with Crippen LogP contribution in [0.15, 0.2) is 18.2 Å². The number of aliphatic hydroxyl groups is 1. The molecule has 0 amide bonds. The van der Waals surface area contributed by atoms with E-state index in [1.807, 2.05) is 18.2 Å². The highest BCUT2D eigenvalue weighted by Crippen LogP contribution is 2.42. The third-order valence-electron chi connectivity index (χ3n) is 3.27. The summed E-state index contributed by atoms with van der Waals surface area (Å²) in [4.78, 5) is 0. The Balaban J connectivity index is 2.33. The van der Waals surface area contributed by atoms with Gasteiger partial charge in [0.2, 0.25) is 0 Å². The quantitative estimate of drug-likeness (QED) is 0.804. The van der Waals surface area contributed by atoms with E-state index in [1.165, 1.54) is 0 Å². The lowest BCUT2D eigenvalue weighted by atomic mass is 9.84. The van der Waals surface area contributed by atoms with Crippen LogP contribution >= 0.6 is 0 Å². The van der Waals surface area contributed by atoms with Crippen LogP contribution in [0.5, 0.6) is 5.75 Å². The van der Waals surface area contributed by atoms with Crippen molar-refractivity contribution in [1.82, 2.24) is 0 Å². The second-order valence-electron chi connectivity index (χ2n) is 5.96. The molecule has 1 fully saturated rings. The van der Waals surface area contributed by atoms with Crippen molar-refractivity contribution in [2.75, 3.05) is 0 Å². The van der Waals surface area contributed by atoms with Crippen molar-refractivity contribution in [3.63, 3.8) is 0 Å². The number of phenols is 1. The highest BCUT2D eigenvalue weighted by molar-refractivity contribution is 5.45. The molecule has 88 valence electrons. The molecule has 0 radical (unpaired) electrons. The van der Waals surface area contributed by atoms with E-state index in [2.05, 4.69) is 20.8 Å². The van der Waals surface area contributed by atoms with E-state index in [4.69, 9.17) is 0 Å². The maximum atomic E-state index is 10.2. The molecule has 1 aliphatic carbocycles. The SMILES string of the molecule is CC(C)(C)c1cccc(CC2(O)CC2)c1O. The minimum atomic E-state index is -0.548. The summed E-state index contributed by atoms with van der Waals surface area (Å²) in [5, 5.41) is 20.1. The van der Waals surface area contributed by atoms with E-state index in [9.17, 15) is 10.2 Å². The molecule has 16 heavy (non-hydrogen) atoms. The molecule has 1 aromatic carbocycles.